The van der Waals surface area contributed by atoms with Gasteiger partial charge in [-0.3, -0.25) is 4.79 Å². The van der Waals surface area contributed by atoms with Crippen molar-refractivity contribution in [3.8, 4) is 5.13 Å². The zero-order chi connectivity index (χ0) is 16.2. The van der Waals surface area contributed by atoms with Gasteiger partial charge in [-0.1, -0.05) is 30.7 Å². The van der Waals surface area contributed by atoms with Gasteiger partial charge in [-0.05, 0) is 37.6 Å². The molecule has 118 valence electrons. The molecule has 0 radical (unpaired) electrons. The quantitative estimate of drug-likeness (QED) is 0.775. The lowest BCUT2D eigenvalue weighted by Gasteiger charge is -2.04. The van der Waals surface area contributed by atoms with Gasteiger partial charge in [0.15, 0.2) is 5.13 Å². The van der Waals surface area contributed by atoms with E-state index >= 15 is 0 Å². The van der Waals surface area contributed by atoms with Gasteiger partial charge in [0.2, 0.25) is 0 Å². The van der Waals surface area contributed by atoms with Crippen molar-refractivity contribution in [3.05, 3.63) is 59.0 Å². The summed E-state index contributed by atoms with van der Waals surface area (Å²) >= 11 is 1.40. The number of hydrogen-bond donors (Lipinski definition) is 1. The maximum Gasteiger partial charge on any atom is 0.268 e. The number of aryl methyl sites for hydroxylation is 2. The van der Waals surface area contributed by atoms with Crippen molar-refractivity contribution in [2.45, 2.75) is 26.7 Å². The molecule has 1 N–H and O–H groups in total. The number of aromatic nitrogens is 3. The third-order valence-electron chi connectivity index (χ3n) is 3.33. The summed E-state index contributed by atoms with van der Waals surface area (Å²) in [6, 6.07) is 9.45. The van der Waals surface area contributed by atoms with E-state index in [1.54, 1.807) is 6.07 Å². The second-order valence-electron chi connectivity index (χ2n) is 5.23. The van der Waals surface area contributed by atoms with Gasteiger partial charge in [-0.25, -0.2) is 9.97 Å². The van der Waals surface area contributed by atoms with Gasteiger partial charge >= 0.3 is 0 Å². The molecule has 5 nitrogen and oxygen atoms in total. The zero-order valence-electron chi connectivity index (χ0n) is 13.1. The van der Waals surface area contributed by atoms with E-state index in [9.17, 15) is 4.79 Å². The maximum atomic E-state index is 12.6. The van der Waals surface area contributed by atoms with Crippen LogP contribution in [-0.2, 0) is 6.42 Å². The number of anilines is 1. The van der Waals surface area contributed by atoms with E-state index in [0.717, 1.165) is 29.4 Å². The summed E-state index contributed by atoms with van der Waals surface area (Å²) in [6.45, 7) is 3.98. The third-order valence-corrected chi connectivity index (χ3v) is 4.44. The zero-order valence-corrected chi connectivity index (χ0v) is 13.9. The molecule has 0 aliphatic heterocycles. The fraction of sp³-hybridized carbons (Fsp3) is 0.235. The number of carbonyl (C=O) groups is 1. The van der Waals surface area contributed by atoms with Gasteiger partial charge in [-0.15, -0.1) is 0 Å². The van der Waals surface area contributed by atoms with Gasteiger partial charge in [0.05, 0.1) is 5.69 Å². The lowest BCUT2D eigenvalue weighted by Crippen LogP contribution is -2.13. The largest absolute Gasteiger partial charge is 0.306 e. The molecule has 0 atom stereocenters. The van der Waals surface area contributed by atoms with E-state index in [2.05, 4.69) is 22.2 Å². The van der Waals surface area contributed by atoms with Crippen LogP contribution in [0.5, 0.6) is 0 Å². The lowest BCUT2D eigenvalue weighted by atomic mass is 10.2. The number of amides is 1. The molecule has 3 rings (SSSR count). The van der Waals surface area contributed by atoms with E-state index in [-0.39, 0.29) is 5.91 Å². The first-order valence-electron chi connectivity index (χ1n) is 7.55. The molecule has 0 saturated heterocycles. The van der Waals surface area contributed by atoms with Crippen LogP contribution in [0.3, 0.4) is 0 Å². The Morgan fingerprint density at radius 3 is 2.70 bits per heavy atom. The molecule has 0 fully saturated rings. The Labute approximate surface area is 139 Å². The van der Waals surface area contributed by atoms with Gasteiger partial charge in [0, 0.05) is 18.1 Å². The van der Waals surface area contributed by atoms with Crippen LogP contribution in [-0.4, -0.2) is 20.4 Å². The SMILES string of the molecule is CCCc1nc(-n2cccc2)sc1C(=O)Nc1cccc(C)n1. The molecule has 3 aromatic heterocycles. The molecule has 0 spiro atoms. The molecule has 0 aliphatic rings. The van der Waals surface area contributed by atoms with Gasteiger partial charge in [-0.2, -0.15) is 0 Å². The summed E-state index contributed by atoms with van der Waals surface area (Å²) in [5, 5.41) is 3.67. The number of pyridine rings is 1. The van der Waals surface area contributed by atoms with Gasteiger partial charge in [0.25, 0.3) is 5.91 Å². The molecule has 3 heterocycles. The first-order valence-corrected chi connectivity index (χ1v) is 8.37. The summed E-state index contributed by atoms with van der Waals surface area (Å²) < 4.78 is 1.92. The predicted molar refractivity (Wildman–Crippen MR) is 92.4 cm³/mol. The molecule has 23 heavy (non-hydrogen) atoms. The Hall–Kier alpha value is -2.47. The molecule has 3 aromatic rings. The van der Waals surface area contributed by atoms with E-state index in [1.165, 1.54) is 11.3 Å². The van der Waals surface area contributed by atoms with Gasteiger partial charge < -0.3 is 9.88 Å². The minimum atomic E-state index is -0.151. The summed E-state index contributed by atoms with van der Waals surface area (Å²) in [5.41, 5.74) is 1.71. The second kappa shape index (κ2) is 6.75. The summed E-state index contributed by atoms with van der Waals surface area (Å²) in [5.74, 6) is 0.413. The van der Waals surface area contributed by atoms with Gasteiger partial charge in [0.1, 0.15) is 10.7 Å². The monoisotopic (exact) mass is 326 g/mol. The number of carbonyl (C=O) groups excluding carboxylic acids is 1. The van der Waals surface area contributed by atoms with Crippen molar-refractivity contribution in [1.29, 1.82) is 0 Å². The third kappa shape index (κ3) is 3.48. The predicted octanol–water partition coefficient (Wildman–Crippen LogP) is 3.84. The molecule has 0 unspecified atom stereocenters. The number of nitrogens with one attached hydrogen (secondary N) is 1. The Bertz CT molecular complexity index is 808. The number of hydrogen-bond acceptors (Lipinski definition) is 4. The Morgan fingerprint density at radius 2 is 2.00 bits per heavy atom. The first-order chi connectivity index (χ1) is 11.2. The molecule has 0 aliphatic carbocycles. The first kappa shape index (κ1) is 15.4. The van der Waals surface area contributed by atoms with Crippen LogP contribution in [0.15, 0.2) is 42.7 Å². The Kier molecular flexibility index (Phi) is 4.52. The minimum absolute atomic E-state index is 0.151. The van der Waals surface area contributed by atoms with Crippen molar-refractivity contribution < 1.29 is 4.79 Å². The van der Waals surface area contributed by atoms with E-state index in [4.69, 9.17) is 0 Å². The van der Waals surface area contributed by atoms with Crippen LogP contribution in [0.1, 0.15) is 34.4 Å². The van der Waals surface area contributed by atoms with Crippen LogP contribution >= 0.6 is 11.3 Å². The normalized spacial score (nSPS) is 10.7. The fourth-order valence-corrected chi connectivity index (χ4v) is 3.26. The summed E-state index contributed by atoms with van der Waals surface area (Å²) in [7, 11) is 0. The number of nitrogens with zero attached hydrogens (tertiary/aromatic N) is 3. The smallest absolute Gasteiger partial charge is 0.268 e. The van der Waals surface area contributed by atoms with Crippen molar-refractivity contribution in [2.24, 2.45) is 0 Å². The molecule has 6 heteroatoms. The highest BCUT2D eigenvalue weighted by atomic mass is 32.1. The van der Waals surface area contributed by atoms with E-state index in [1.807, 2.05) is 48.1 Å². The van der Waals surface area contributed by atoms with Crippen molar-refractivity contribution >= 4 is 23.1 Å². The molecular formula is C17H18N4OS. The van der Waals surface area contributed by atoms with Crippen molar-refractivity contribution in [2.75, 3.05) is 5.32 Å². The average molecular weight is 326 g/mol. The lowest BCUT2D eigenvalue weighted by molar-refractivity contribution is 0.102. The summed E-state index contributed by atoms with van der Waals surface area (Å²) in [4.78, 5) is 22.2. The van der Waals surface area contributed by atoms with Crippen LogP contribution in [0.4, 0.5) is 5.82 Å². The molecule has 0 saturated carbocycles. The van der Waals surface area contributed by atoms with Crippen LogP contribution < -0.4 is 5.32 Å². The second-order valence-corrected chi connectivity index (χ2v) is 6.21. The number of rotatable bonds is 5. The van der Waals surface area contributed by atoms with Crippen molar-refractivity contribution in [1.82, 2.24) is 14.5 Å². The molecule has 1 amide bonds. The highest BCUT2D eigenvalue weighted by Crippen LogP contribution is 2.24. The maximum absolute atomic E-state index is 12.6. The van der Waals surface area contributed by atoms with Crippen molar-refractivity contribution in [3.63, 3.8) is 0 Å². The molecule has 0 bridgehead atoms. The highest BCUT2D eigenvalue weighted by molar-refractivity contribution is 7.16. The van der Waals surface area contributed by atoms with Crippen LogP contribution in [0, 0.1) is 6.92 Å². The molecular weight excluding hydrogens is 308 g/mol. The van der Waals surface area contributed by atoms with E-state index < -0.39 is 0 Å². The van der Waals surface area contributed by atoms with E-state index in [0.29, 0.717) is 10.7 Å². The minimum Gasteiger partial charge on any atom is -0.306 e. The highest BCUT2D eigenvalue weighted by Gasteiger charge is 2.18. The van der Waals surface area contributed by atoms with Crippen LogP contribution in [0.25, 0.3) is 5.13 Å². The fourth-order valence-electron chi connectivity index (χ4n) is 2.28. The summed E-state index contributed by atoms with van der Waals surface area (Å²) in [6.07, 6.45) is 5.58. The number of thiazole rings is 1. The van der Waals surface area contributed by atoms with Crippen LogP contribution in [0.2, 0.25) is 0 Å². The molecule has 0 aromatic carbocycles. The standard InChI is InChI=1S/C17H18N4OS/c1-3-7-13-15(23-17(19-13)21-10-4-5-11-21)16(22)20-14-9-6-8-12(2)18-14/h4-6,8-11H,3,7H2,1-2H3,(H,18,20,22). The topological polar surface area (TPSA) is 59.8 Å². The average Bonchev–Trinajstić information content (AvgIpc) is 3.16. The Morgan fingerprint density at radius 1 is 1.22 bits per heavy atom. The Balaban J connectivity index is 1.89.